The Bertz CT molecular complexity index is 582. The van der Waals surface area contributed by atoms with Crippen LogP contribution in [0.25, 0.3) is 0 Å². The van der Waals surface area contributed by atoms with Crippen molar-refractivity contribution in [1.82, 2.24) is 0 Å². The minimum Gasteiger partial charge on any atom is -0.475 e. The van der Waals surface area contributed by atoms with E-state index in [-0.39, 0.29) is 5.76 Å². The molecule has 18 heavy (non-hydrogen) atoms. The SMILES string of the molecule is O=C(O)c1occc1CNc1cc(I)ccc1Br. The molecule has 0 atom stereocenters. The fourth-order valence-electron chi connectivity index (χ4n) is 1.49. The minimum atomic E-state index is -1.06. The van der Waals surface area contributed by atoms with Crippen molar-refractivity contribution in [1.29, 1.82) is 0 Å². The van der Waals surface area contributed by atoms with Crippen LogP contribution >= 0.6 is 38.5 Å². The number of carboxylic acids is 1. The molecule has 0 fully saturated rings. The summed E-state index contributed by atoms with van der Waals surface area (Å²) in [5, 5.41) is 12.1. The van der Waals surface area contributed by atoms with Gasteiger partial charge in [-0.05, 0) is 62.8 Å². The van der Waals surface area contributed by atoms with Gasteiger partial charge in [-0.3, -0.25) is 0 Å². The molecule has 0 saturated heterocycles. The van der Waals surface area contributed by atoms with E-state index in [1.165, 1.54) is 6.26 Å². The zero-order valence-corrected chi connectivity index (χ0v) is 12.9. The number of anilines is 1. The van der Waals surface area contributed by atoms with Crippen molar-refractivity contribution in [3.05, 3.63) is 49.9 Å². The highest BCUT2D eigenvalue weighted by Gasteiger charge is 2.13. The van der Waals surface area contributed by atoms with Crippen molar-refractivity contribution >= 4 is 50.2 Å². The van der Waals surface area contributed by atoms with E-state index in [0.717, 1.165) is 13.7 Å². The van der Waals surface area contributed by atoms with Crippen LogP contribution in [0.3, 0.4) is 0 Å². The normalized spacial score (nSPS) is 10.3. The number of nitrogens with one attached hydrogen (secondary N) is 1. The number of halogens is 2. The number of carboxylic acid groups (broad SMARTS) is 1. The van der Waals surface area contributed by atoms with E-state index in [1.54, 1.807) is 6.07 Å². The molecule has 0 unspecified atom stereocenters. The maximum absolute atomic E-state index is 10.9. The second kappa shape index (κ2) is 5.75. The second-order valence-corrected chi connectivity index (χ2v) is 5.66. The Balaban J connectivity index is 2.14. The van der Waals surface area contributed by atoms with Crippen molar-refractivity contribution in [3.8, 4) is 0 Å². The molecule has 0 saturated carbocycles. The molecule has 1 aromatic heterocycles. The standard InChI is InChI=1S/C12H9BrINO3/c13-9-2-1-8(14)5-10(9)15-6-7-3-4-18-11(7)12(16)17/h1-5,15H,6H2,(H,16,17). The Morgan fingerprint density at radius 2 is 2.22 bits per heavy atom. The van der Waals surface area contributed by atoms with E-state index in [4.69, 9.17) is 9.52 Å². The first-order chi connectivity index (χ1) is 8.58. The summed E-state index contributed by atoms with van der Waals surface area (Å²) >= 11 is 5.66. The van der Waals surface area contributed by atoms with E-state index < -0.39 is 5.97 Å². The molecule has 0 aliphatic rings. The summed E-state index contributed by atoms with van der Waals surface area (Å²) in [5.41, 5.74) is 1.53. The summed E-state index contributed by atoms with van der Waals surface area (Å²) in [6.45, 7) is 0.400. The monoisotopic (exact) mass is 421 g/mol. The lowest BCUT2D eigenvalue weighted by molar-refractivity contribution is 0.0661. The lowest BCUT2D eigenvalue weighted by Crippen LogP contribution is -2.05. The lowest BCUT2D eigenvalue weighted by atomic mass is 10.2. The molecule has 2 N–H and O–H groups in total. The van der Waals surface area contributed by atoms with E-state index in [0.29, 0.717) is 12.1 Å². The topological polar surface area (TPSA) is 62.5 Å². The molecule has 0 aliphatic carbocycles. The Hall–Kier alpha value is -1.02. The minimum absolute atomic E-state index is 0.0238. The van der Waals surface area contributed by atoms with Crippen LogP contribution in [0, 0.1) is 3.57 Å². The van der Waals surface area contributed by atoms with E-state index in [2.05, 4.69) is 43.8 Å². The third-order valence-corrected chi connectivity index (χ3v) is 3.70. The number of aromatic carboxylic acids is 1. The van der Waals surface area contributed by atoms with Crippen LogP contribution < -0.4 is 5.32 Å². The number of hydrogen-bond donors (Lipinski definition) is 2. The van der Waals surface area contributed by atoms with E-state index in [9.17, 15) is 4.79 Å². The summed E-state index contributed by atoms with van der Waals surface area (Å²) in [5.74, 6) is -1.08. The molecule has 0 spiro atoms. The van der Waals surface area contributed by atoms with E-state index >= 15 is 0 Å². The zero-order chi connectivity index (χ0) is 13.1. The van der Waals surface area contributed by atoms with Crippen LogP contribution in [0.2, 0.25) is 0 Å². The molecule has 0 aliphatic heterocycles. The summed E-state index contributed by atoms with van der Waals surface area (Å²) in [6.07, 6.45) is 1.38. The Kier molecular flexibility index (Phi) is 4.28. The zero-order valence-electron chi connectivity index (χ0n) is 9.11. The first-order valence-corrected chi connectivity index (χ1v) is 6.93. The van der Waals surface area contributed by atoms with Gasteiger partial charge in [-0.15, -0.1) is 0 Å². The molecule has 4 nitrogen and oxygen atoms in total. The van der Waals surface area contributed by atoms with Crippen molar-refractivity contribution < 1.29 is 14.3 Å². The van der Waals surface area contributed by atoms with Crippen molar-refractivity contribution in [2.45, 2.75) is 6.54 Å². The maximum atomic E-state index is 10.9. The third kappa shape index (κ3) is 3.05. The first kappa shape index (κ1) is 13.4. The van der Waals surface area contributed by atoms with Gasteiger partial charge in [-0.25, -0.2) is 4.79 Å². The fraction of sp³-hybridized carbons (Fsp3) is 0.0833. The van der Waals surface area contributed by atoms with Gasteiger partial charge in [0.2, 0.25) is 5.76 Å². The largest absolute Gasteiger partial charge is 0.475 e. The highest BCUT2D eigenvalue weighted by Crippen LogP contribution is 2.25. The molecule has 1 aromatic carbocycles. The van der Waals surface area contributed by atoms with Crippen LogP contribution in [-0.2, 0) is 6.54 Å². The highest BCUT2D eigenvalue weighted by molar-refractivity contribution is 14.1. The molecule has 2 rings (SSSR count). The predicted octanol–water partition coefficient (Wildman–Crippen LogP) is 3.96. The van der Waals surface area contributed by atoms with Gasteiger partial charge in [0, 0.05) is 25.8 Å². The number of furan rings is 1. The van der Waals surface area contributed by atoms with Gasteiger partial charge in [-0.2, -0.15) is 0 Å². The molecule has 1 heterocycles. The predicted molar refractivity (Wildman–Crippen MR) is 79.9 cm³/mol. The molecular weight excluding hydrogens is 413 g/mol. The van der Waals surface area contributed by atoms with Crippen LogP contribution in [0.1, 0.15) is 16.1 Å². The summed E-state index contributed by atoms with van der Waals surface area (Å²) in [6, 6.07) is 7.55. The molecular formula is C12H9BrINO3. The van der Waals surface area contributed by atoms with Crippen LogP contribution in [-0.4, -0.2) is 11.1 Å². The van der Waals surface area contributed by atoms with Crippen LogP contribution in [0.4, 0.5) is 5.69 Å². The van der Waals surface area contributed by atoms with Gasteiger partial charge in [-0.1, -0.05) is 0 Å². The fourth-order valence-corrected chi connectivity index (χ4v) is 2.36. The Labute approximate surface area is 126 Å². The van der Waals surface area contributed by atoms with Gasteiger partial charge in [0.15, 0.2) is 0 Å². The quantitative estimate of drug-likeness (QED) is 0.733. The number of benzene rings is 1. The van der Waals surface area contributed by atoms with Crippen LogP contribution in [0.5, 0.6) is 0 Å². The van der Waals surface area contributed by atoms with Gasteiger partial charge in [0.1, 0.15) is 0 Å². The van der Waals surface area contributed by atoms with Gasteiger partial charge in [0.05, 0.1) is 6.26 Å². The smallest absolute Gasteiger partial charge is 0.372 e. The average molecular weight is 422 g/mol. The summed E-state index contributed by atoms with van der Waals surface area (Å²) < 4.78 is 6.95. The second-order valence-electron chi connectivity index (χ2n) is 3.56. The lowest BCUT2D eigenvalue weighted by Gasteiger charge is -2.08. The van der Waals surface area contributed by atoms with Crippen molar-refractivity contribution in [3.63, 3.8) is 0 Å². The molecule has 0 radical (unpaired) electrons. The van der Waals surface area contributed by atoms with Crippen LogP contribution in [0.15, 0.2) is 39.4 Å². The third-order valence-electron chi connectivity index (χ3n) is 2.34. The molecule has 6 heteroatoms. The number of hydrogen-bond acceptors (Lipinski definition) is 3. The average Bonchev–Trinajstić information content (AvgIpc) is 2.79. The Morgan fingerprint density at radius 3 is 2.94 bits per heavy atom. The maximum Gasteiger partial charge on any atom is 0.372 e. The molecule has 2 aromatic rings. The highest BCUT2D eigenvalue weighted by atomic mass is 127. The first-order valence-electron chi connectivity index (χ1n) is 5.06. The molecule has 0 amide bonds. The number of carbonyl (C=O) groups is 1. The van der Waals surface area contributed by atoms with Crippen molar-refractivity contribution in [2.24, 2.45) is 0 Å². The molecule has 0 bridgehead atoms. The van der Waals surface area contributed by atoms with Gasteiger partial charge < -0.3 is 14.8 Å². The van der Waals surface area contributed by atoms with Gasteiger partial charge in [0.25, 0.3) is 0 Å². The number of rotatable bonds is 4. The van der Waals surface area contributed by atoms with E-state index in [1.807, 2.05) is 18.2 Å². The van der Waals surface area contributed by atoms with Gasteiger partial charge >= 0.3 is 5.97 Å². The summed E-state index contributed by atoms with van der Waals surface area (Å²) in [7, 11) is 0. The molecule has 94 valence electrons. The summed E-state index contributed by atoms with van der Waals surface area (Å²) in [4.78, 5) is 10.9. The van der Waals surface area contributed by atoms with Crippen molar-refractivity contribution in [2.75, 3.05) is 5.32 Å². The Morgan fingerprint density at radius 1 is 1.44 bits per heavy atom.